The molecule has 1 fully saturated rings. The Morgan fingerprint density at radius 3 is 2.67 bits per heavy atom. The van der Waals surface area contributed by atoms with Gasteiger partial charge in [0.1, 0.15) is 6.04 Å². The van der Waals surface area contributed by atoms with Crippen LogP contribution < -0.4 is 11.1 Å². The number of primary amides is 1. The van der Waals surface area contributed by atoms with Gasteiger partial charge in [-0.05, 0) is 17.5 Å². The maximum Gasteiger partial charge on any atom is 0.236 e. The Hall–Kier alpha value is -1.39. The van der Waals surface area contributed by atoms with Crippen molar-refractivity contribution in [1.29, 1.82) is 0 Å². The van der Waals surface area contributed by atoms with E-state index in [0.717, 1.165) is 26.1 Å². The van der Waals surface area contributed by atoms with Gasteiger partial charge in [-0.2, -0.15) is 0 Å². The molecule has 1 aromatic rings. The first-order valence-corrected chi connectivity index (χ1v) is 6.52. The number of aryl methyl sites for hydroxylation is 1. The Kier molecular flexibility index (Phi) is 4.33. The van der Waals surface area contributed by atoms with Gasteiger partial charge >= 0.3 is 0 Å². The van der Waals surface area contributed by atoms with Crippen molar-refractivity contribution in [2.75, 3.05) is 19.6 Å². The van der Waals surface area contributed by atoms with Crippen molar-refractivity contribution in [3.05, 3.63) is 35.4 Å². The van der Waals surface area contributed by atoms with Crippen molar-refractivity contribution >= 4 is 5.91 Å². The molecule has 3 N–H and O–H groups in total. The predicted molar refractivity (Wildman–Crippen MR) is 72.1 cm³/mol. The maximum absolute atomic E-state index is 11.4. The molecule has 0 radical (unpaired) electrons. The molecule has 0 spiro atoms. The highest BCUT2D eigenvalue weighted by molar-refractivity contribution is 5.80. The molecule has 1 atom stereocenters. The molecule has 1 unspecified atom stereocenters. The van der Waals surface area contributed by atoms with E-state index in [0.29, 0.717) is 6.54 Å². The van der Waals surface area contributed by atoms with Gasteiger partial charge in [-0.1, -0.05) is 31.2 Å². The van der Waals surface area contributed by atoms with Crippen LogP contribution in [0.2, 0.25) is 0 Å². The molecule has 1 aromatic carbocycles. The summed E-state index contributed by atoms with van der Waals surface area (Å²) in [5.41, 5.74) is 8.01. The molecule has 1 heterocycles. The minimum atomic E-state index is -0.243. The third kappa shape index (κ3) is 3.09. The molecule has 1 aliphatic heterocycles. The fourth-order valence-electron chi connectivity index (χ4n) is 2.33. The number of carbonyl (C=O) groups excluding carboxylic acids is 1. The lowest BCUT2D eigenvalue weighted by Gasteiger charge is -2.34. The number of amides is 1. The zero-order valence-corrected chi connectivity index (χ0v) is 10.9. The van der Waals surface area contributed by atoms with E-state index in [-0.39, 0.29) is 11.9 Å². The lowest BCUT2D eigenvalue weighted by molar-refractivity contribution is -0.124. The van der Waals surface area contributed by atoms with Gasteiger partial charge in [0.25, 0.3) is 0 Å². The minimum absolute atomic E-state index is 0.190. The van der Waals surface area contributed by atoms with Crippen molar-refractivity contribution in [2.24, 2.45) is 5.73 Å². The van der Waals surface area contributed by atoms with E-state index in [1.807, 2.05) is 0 Å². The molecule has 1 saturated heterocycles. The van der Waals surface area contributed by atoms with Crippen LogP contribution in [0.4, 0.5) is 0 Å². The van der Waals surface area contributed by atoms with Crippen molar-refractivity contribution in [1.82, 2.24) is 10.2 Å². The highest BCUT2D eigenvalue weighted by Crippen LogP contribution is 2.11. The number of benzene rings is 1. The summed E-state index contributed by atoms with van der Waals surface area (Å²) in [4.78, 5) is 13.5. The number of hydrogen-bond donors (Lipinski definition) is 2. The first-order chi connectivity index (χ1) is 8.70. The Balaban J connectivity index is 2.03. The lowest BCUT2D eigenvalue weighted by atomic mass is 10.1. The standard InChI is InChI=1S/C14H21N3O/c1-2-11-3-5-12(6-4-11)10-17-8-7-16-9-13(17)14(15)18/h3-6,13,16H,2,7-10H2,1H3,(H2,15,18). The number of nitrogens with one attached hydrogen (secondary N) is 1. The van der Waals surface area contributed by atoms with Crippen LogP contribution in [0.25, 0.3) is 0 Å². The Bertz CT molecular complexity index is 402. The topological polar surface area (TPSA) is 58.4 Å². The predicted octanol–water partition coefficient (Wildman–Crippen LogP) is 0.508. The molecule has 18 heavy (non-hydrogen) atoms. The fourth-order valence-corrected chi connectivity index (χ4v) is 2.33. The zero-order valence-electron chi connectivity index (χ0n) is 10.9. The van der Waals surface area contributed by atoms with E-state index < -0.39 is 0 Å². The van der Waals surface area contributed by atoms with E-state index in [1.165, 1.54) is 11.1 Å². The van der Waals surface area contributed by atoms with Crippen molar-refractivity contribution < 1.29 is 4.79 Å². The SMILES string of the molecule is CCc1ccc(CN2CCNCC2C(N)=O)cc1. The number of nitrogens with two attached hydrogens (primary N) is 1. The van der Waals surface area contributed by atoms with Crippen LogP contribution >= 0.6 is 0 Å². The second-order valence-electron chi connectivity index (χ2n) is 4.76. The van der Waals surface area contributed by atoms with Crippen LogP contribution in [-0.4, -0.2) is 36.5 Å². The van der Waals surface area contributed by atoms with E-state index in [2.05, 4.69) is 41.4 Å². The molecule has 0 aromatic heterocycles. The highest BCUT2D eigenvalue weighted by Gasteiger charge is 2.26. The maximum atomic E-state index is 11.4. The first kappa shape index (κ1) is 13.1. The zero-order chi connectivity index (χ0) is 13.0. The Labute approximate surface area is 108 Å². The van der Waals surface area contributed by atoms with Gasteiger partial charge in [0.2, 0.25) is 5.91 Å². The molecule has 1 aliphatic rings. The van der Waals surface area contributed by atoms with E-state index >= 15 is 0 Å². The third-order valence-electron chi connectivity index (χ3n) is 3.50. The monoisotopic (exact) mass is 247 g/mol. The summed E-state index contributed by atoms with van der Waals surface area (Å²) >= 11 is 0. The first-order valence-electron chi connectivity index (χ1n) is 6.52. The lowest BCUT2D eigenvalue weighted by Crippen LogP contribution is -2.56. The van der Waals surface area contributed by atoms with Crippen molar-refractivity contribution in [3.63, 3.8) is 0 Å². The van der Waals surface area contributed by atoms with Gasteiger partial charge in [-0.25, -0.2) is 0 Å². The van der Waals surface area contributed by atoms with E-state index in [9.17, 15) is 4.79 Å². The van der Waals surface area contributed by atoms with Crippen LogP contribution in [-0.2, 0) is 17.8 Å². The summed E-state index contributed by atoms with van der Waals surface area (Å²) in [6, 6.07) is 8.38. The van der Waals surface area contributed by atoms with Gasteiger partial charge in [0.05, 0.1) is 0 Å². The number of hydrogen-bond acceptors (Lipinski definition) is 3. The number of carbonyl (C=O) groups is 1. The van der Waals surface area contributed by atoms with Gasteiger partial charge < -0.3 is 11.1 Å². The molecule has 4 heteroatoms. The highest BCUT2D eigenvalue weighted by atomic mass is 16.1. The van der Waals surface area contributed by atoms with Gasteiger partial charge in [0.15, 0.2) is 0 Å². The fraction of sp³-hybridized carbons (Fsp3) is 0.500. The van der Waals surface area contributed by atoms with Crippen LogP contribution in [0.1, 0.15) is 18.1 Å². The summed E-state index contributed by atoms with van der Waals surface area (Å²) in [6.07, 6.45) is 1.05. The number of nitrogens with zero attached hydrogens (tertiary/aromatic N) is 1. The van der Waals surface area contributed by atoms with Crippen LogP contribution in [0.5, 0.6) is 0 Å². The van der Waals surface area contributed by atoms with E-state index in [4.69, 9.17) is 5.73 Å². The molecule has 2 rings (SSSR count). The average Bonchev–Trinajstić information content (AvgIpc) is 2.40. The van der Waals surface area contributed by atoms with Crippen LogP contribution in [0.15, 0.2) is 24.3 Å². The summed E-state index contributed by atoms with van der Waals surface area (Å²) < 4.78 is 0. The molecular weight excluding hydrogens is 226 g/mol. The van der Waals surface area contributed by atoms with Gasteiger partial charge in [0, 0.05) is 26.2 Å². The van der Waals surface area contributed by atoms with Crippen molar-refractivity contribution in [3.8, 4) is 0 Å². The molecule has 0 bridgehead atoms. The summed E-state index contributed by atoms with van der Waals surface area (Å²) in [5.74, 6) is -0.243. The summed E-state index contributed by atoms with van der Waals surface area (Å²) in [7, 11) is 0. The van der Waals surface area contributed by atoms with Crippen LogP contribution in [0, 0.1) is 0 Å². The number of rotatable bonds is 4. The molecule has 1 amide bonds. The van der Waals surface area contributed by atoms with Crippen molar-refractivity contribution in [2.45, 2.75) is 25.9 Å². The summed E-state index contributed by atoms with van der Waals surface area (Å²) in [5, 5.41) is 3.21. The van der Waals surface area contributed by atoms with E-state index in [1.54, 1.807) is 0 Å². The van der Waals surface area contributed by atoms with Gasteiger partial charge in [-0.3, -0.25) is 9.69 Å². The van der Waals surface area contributed by atoms with Crippen LogP contribution in [0.3, 0.4) is 0 Å². The second kappa shape index (κ2) is 5.98. The molecule has 4 nitrogen and oxygen atoms in total. The quantitative estimate of drug-likeness (QED) is 0.815. The number of piperazine rings is 1. The molecule has 98 valence electrons. The largest absolute Gasteiger partial charge is 0.368 e. The average molecular weight is 247 g/mol. The van der Waals surface area contributed by atoms with Gasteiger partial charge in [-0.15, -0.1) is 0 Å². The Morgan fingerprint density at radius 1 is 1.39 bits per heavy atom. The second-order valence-corrected chi connectivity index (χ2v) is 4.76. The molecule has 0 aliphatic carbocycles. The minimum Gasteiger partial charge on any atom is -0.368 e. The smallest absolute Gasteiger partial charge is 0.236 e. The molecule has 0 saturated carbocycles. The Morgan fingerprint density at radius 2 is 2.06 bits per heavy atom. The third-order valence-corrected chi connectivity index (χ3v) is 3.50. The molecular formula is C14H21N3O. The normalized spacial score (nSPS) is 20.8. The summed E-state index contributed by atoms with van der Waals surface area (Å²) in [6.45, 7) is 5.37.